The first-order valence-corrected chi connectivity index (χ1v) is 9.30. The number of fused-ring (bicyclic) bond motifs is 2. The summed E-state index contributed by atoms with van der Waals surface area (Å²) in [7, 11) is 0. The highest BCUT2D eigenvalue weighted by molar-refractivity contribution is 7.10. The predicted octanol–water partition coefficient (Wildman–Crippen LogP) is 3.79. The highest BCUT2D eigenvalue weighted by Gasteiger charge is 2.26. The van der Waals surface area contributed by atoms with Gasteiger partial charge in [0.05, 0.1) is 6.54 Å². The monoisotopic (exact) mass is 326 g/mol. The number of anilines is 1. The second-order valence-corrected chi connectivity index (χ2v) is 7.58. The topological polar surface area (TPSA) is 32.3 Å². The molecule has 1 aromatic carbocycles. The van der Waals surface area contributed by atoms with Gasteiger partial charge < -0.3 is 5.32 Å². The standard InChI is InChI=1S/C19H22N2OS/c1-13-17-8-10-23-18(17)7-9-21(13)12-19(22)20-16-6-5-14-3-2-4-15(14)11-16/h5-6,8,10-11,13H,2-4,7,9,12H2,1H3,(H,20,22)/t13-/m1/s1. The molecule has 1 amide bonds. The number of nitrogens with one attached hydrogen (secondary N) is 1. The first-order valence-electron chi connectivity index (χ1n) is 8.42. The number of aryl methyl sites for hydroxylation is 2. The highest BCUT2D eigenvalue weighted by atomic mass is 32.1. The Morgan fingerprint density at radius 3 is 3.04 bits per heavy atom. The fourth-order valence-electron chi connectivity index (χ4n) is 3.81. The summed E-state index contributed by atoms with van der Waals surface area (Å²) in [5.41, 5.74) is 5.18. The van der Waals surface area contributed by atoms with E-state index in [1.54, 1.807) is 0 Å². The summed E-state index contributed by atoms with van der Waals surface area (Å²) in [6.45, 7) is 3.63. The van der Waals surface area contributed by atoms with Crippen molar-refractivity contribution in [3.63, 3.8) is 0 Å². The lowest BCUT2D eigenvalue weighted by Crippen LogP contribution is -2.39. The molecular weight excluding hydrogens is 304 g/mol. The molecule has 0 spiro atoms. The number of carbonyl (C=O) groups excluding carboxylic acids is 1. The van der Waals surface area contributed by atoms with Crippen LogP contribution in [0.3, 0.4) is 0 Å². The van der Waals surface area contributed by atoms with E-state index in [1.807, 2.05) is 17.4 Å². The molecule has 0 saturated heterocycles. The first kappa shape index (κ1) is 14.9. The predicted molar refractivity (Wildman–Crippen MR) is 95.1 cm³/mol. The first-order chi connectivity index (χ1) is 11.2. The molecule has 1 aromatic heterocycles. The van der Waals surface area contributed by atoms with Crippen LogP contribution in [0.2, 0.25) is 0 Å². The summed E-state index contributed by atoms with van der Waals surface area (Å²) in [4.78, 5) is 16.2. The van der Waals surface area contributed by atoms with Crippen molar-refractivity contribution in [3.05, 3.63) is 51.2 Å². The van der Waals surface area contributed by atoms with Crippen molar-refractivity contribution >= 4 is 22.9 Å². The molecule has 1 aliphatic heterocycles. The number of hydrogen-bond acceptors (Lipinski definition) is 3. The number of rotatable bonds is 3. The van der Waals surface area contributed by atoms with Crippen molar-refractivity contribution in [1.82, 2.24) is 4.90 Å². The van der Waals surface area contributed by atoms with Crippen LogP contribution < -0.4 is 5.32 Å². The van der Waals surface area contributed by atoms with E-state index in [2.05, 4.69) is 40.7 Å². The molecule has 3 nitrogen and oxygen atoms in total. The Balaban J connectivity index is 1.41. The van der Waals surface area contributed by atoms with Crippen LogP contribution in [0.4, 0.5) is 5.69 Å². The summed E-state index contributed by atoms with van der Waals surface area (Å²) >= 11 is 1.84. The molecule has 2 heterocycles. The zero-order valence-electron chi connectivity index (χ0n) is 13.5. The summed E-state index contributed by atoms with van der Waals surface area (Å²) in [5.74, 6) is 0.0912. The molecule has 0 radical (unpaired) electrons. The van der Waals surface area contributed by atoms with E-state index in [1.165, 1.54) is 34.4 Å². The largest absolute Gasteiger partial charge is 0.325 e. The molecule has 0 fully saturated rings. The SMILES string of the molecule is C[C@@H]1c2ccsc2CCN1CC(=O)Nc1ccc2c(c1)CCC2. The fraction of sp³-hybridized carbons (Fsp3) is 0.421. The van der Waals surface area contributed by atoms with Gasteiger partial charge in [-0.05, 0) is 72.9 Å². The Morgan fingerprint density at radius 2 is 2.13 bits per heavy atom. The number of thiophene rings is 1. The Bertz CT molecular complexity index is 737. The third-order valence-electron chi connectivity index (χ3n) is 5.13. The number of amides is 1. The number of benzene rings is 1. The van der Waals surface area contributed by atoms with Crippen LogP contribution in [0.1, 0.15) is 41.0 Å². The van der Waals surface area contributed by atoms with Gasteiger partial charge >= 0.3 is 0 Å². The Morgan fingerprint density at radius 1 is 1.26 bits per heavy atom. The Labute approximate surface area is 141 Å². The lowest BCUT2D eigenvalue weighted by molar-refractivity contribution is -0.117. The number of hydrogen-bond donors (Lipinski definition) is 1. The van der Waals surface area contributed by atoms with Crippen LogP contribution in [0.25, 0.3) is 0 Å². The zero-order valence-corrected chi connectivity index (χ0v) is 14.3. The second kappa shape index (κ2) is 6.10. The Kier molecular flexibility index (Phi) is 3.95. The molecule has 4 rings (SSSR count). The number of carbonyl (C=O) groups is 1. The van der Waals surface area contributed by atoms with Gasteiger partial charge in [0.25, 0.3) is 0 Å². The van der Waals surface area contributed by atoms with Crippen LogP contribution in [-0.2, 0) is 24.1 Å². The van der Waals surface area contributed by atoms with Gasteiger partial charge in [0, 0.05) is 23.2 Å². The minimum absolute atomic E-state index is 0.0912. The molecule has 2 aliphatic rings. The molecule has 0 saturated carbocycles. The highest BCUT2D eigenvalue weighted by Crippen LogP contribution is 2.32. The van der Waals surface area contributed by atoms with Gasteiger partial charge in [-0.3, -0.25) is 9.69 Å². The molecule has 1 atom stereocenters. The van der Waals surface area contributed by atoms with Crippen molar-refractivity contribution in [2.75, 3.05) is 18.4 Å². The molecule has 4 heteroatoms. The minimum atomic E-state index is 0.0912. The molecule has 120 valence electrons. The van der Waals surface area contributed by atoms with E-state index in [4.69, 9.17) is 0 Å². The van der Waals surface area contributed by atoms with Gasteiger partial charge in [-0.15, -0.1) is 11.3 Å². The summed E-state index contributed by atoms with van der Waals surface area (Å²) in [6, 6.07) is 8.89. The fourth-order valence-corrected chi connectivity index (χ4v) is 4.77. The van der Waals surface area contributed by atoms with Gasteiger partial charge in [-0.2, -0.15) is 0 Å². The second-order valence-electron chi connectivity index (χ2n) is 6.58. The lowest BCUT2D eigenvalue weighted by Gasteiger charge is -2.32. The average Bonchev–Trinajstić information content (AvgIpc) is 3.18. The van der Waals surface area contributed by atoms with Crippen LogP contribution >= 0.6 is 11.3 Å². The van der Waals surface area contributed by atoms with Gasteiger partial charge in [-0.25, -0.2) is 0 Å². The van der Waals surface area contributed by atoms with E-state index < -0.39 is 0 Å². The van der Waals surface area contributed by atoms with E-state index in [-0.39, 0.29) is 5.91 Å². The third kappa shape index (κ3) is 2.93. The summed E-state index contributed by atoms with van der Waals surface area (Å²) < 4.78 is 0. The minimum Gasteiger partial charge on any atom is -0.325 e. The van der Waals surface area contributed by atoms with Gasteiger partial charge in [0.15, 0.2) is 0 Å². The van der Waals surface area contributed by atoms with Crippen molar-refractivity contribution < 1.29 is 4.79 Å². The van der Waals surface area contributed by atoms with Crippen molar-refractivity contribution in [2.45, 2.75) is 38.6 Å². The van der Waals surface area contributed by atoms with Gasteiger partial charge in [-0.1, -0.05) is 6.07 Å². The Hall–Kier alpha value is -1.65. The number of nitrogens with zero attached hydrogens (tertiary/aromatic N) is 1. The quantitative estimate of drug-likeness (QED) is 0.930. The van der Waals surface area contributed by atoms with E-state index in [0.29, 0.717) is 12.6 Å². The zero-order chi connectivity index (χ0) is 15.8. The van der Waals surface area contributed by atoms with E-state index in [0.717, 1.165) is 25.1 Å². The third-order valence-corrected chi connectivity index (χ3v) is 6.13. The molecule has 1 aliphatic carbocycles. The summed E-state index contributed by atoms with van der Waals surface area (Å²) in [6.07, 6.45) is 4.62. The maximum atomic E-state index is 12.4. The van der Waals surface area contributed by atoms with E-state index in [9.17, 15) is 4.79 Å². The molecule has 1 N–H and O–H groups in total. The van der Waals surface area contributed by atoms with Gasteiger partial charge in [0.2, 0.25) is 5.91 Å². The molecule has 0 unspecified atom stereocenters. The lowest BCUT2D eigenvalue weighted by atomic mass is 10.0. The van der Waals surface area contributed by atoms with Crippen LogP contribution in [0.5, 0.6) is 0 Å². The average molecular weight is 326 g/mol. The molecule has 0 bridgehead atoms. The maximum Gasteiger partial charge on any atom is 0.238 e. The smallest absolute Gasteiger partial charge is 0.238 e. The normalized spacial score (nSPS) is 20.1. The molecule has 2 aromatic rings. The van der Waals surface area contributed by atoms with Crippen molar-refractivity contribution in [2.24, 2.45) is 0 Å². The van der Waals surface area contributed by atoms with Crippen molar-refractivity contribution in [1.29, 1.82) is 0 Å². The molecule has 23 heavy (non-hydrogen) atoms. The van der Waals surface area contributed by atoms with E-state index >= 15 is 0 Å². The van der Waals surface area contributed by atoms with Crippen LogP contribution in [0.15, 0.2) is 29.6 Å². The summed E-state index contributed by atoms with van der Waals surface area (Å²) in [5, 5.41) is 5.24. The van der Waals surface area contributed by atoms with Crippen molar-refractivity contribution in [3.8, 4) is 0 Å². The maximum absolute atomic E-state index is 12.4. The van der Waals surface area contributed by atoms with Gasteiger partial charge in [0.1, 0.15) is 0 Å². The molecular formula is C19H22N2OS. The van der Waals surface area contributed by atoms with Crippen LogP contribution in [0, 0.1) is 0 Å². The van der Waals surface area contributed by atoms with Crippen LogP contribution in [-0.4, -0.2) is 23.9 Å².